The lowest BCUT2D eigenvalue weighted by Crippen LogP contribution is -2.10. The lowest BCUT2D eigenvalue weighted by Gasteiger charge is -2.03. The molecule has 5 nitrogen and oxygen atoms in total. The van der Waals surface area contributed by atoms with Gasteiger partial charge >= 0.3 is 5.97 Å². The molecule has 0 aromatic carbocycles. The van der Waals surface area contributed by atoms with E-state index >= 15 is 0 Å². The molecule has 0 aliphatic carbocycles. The molecule has 0 radical (unpaired) electrons. The minimum atomic E-state index is -2.96. The first-order valence-electron chi connectivity index (χ1n) is 5.32. The second-order valence-corrected chi connectivity index (χ2v) is 8.80. The summed E-state index contributed by atoms with van der Waals surface area (Å²) in [7, 11) is -2.96. The molecular weight excluding hydrogens is 294 g/mol. The highest BCUT2D eigenvalue weighted by molar-refractivity contribution is 8.26. The fourth-order valence-corrected chi connectivity index (χ4v) is 8.27. The second-order valence-electron chi connectivity index (χ2n) is 3.88. The third-order valence-electron chi connectivity index (χ3n) is 2.56. The van der Waals surface area contributed by atoms with Crippen molar-refractivity contribution in [3.05, 3.63) is 9.81 Å². The standard InChI is InChI=1S/C10H11NO4S3/c1-2-15-9(12)6(3-11)10-16-7-4-18(13,14)5-8(7)17-10/h7-8H,2,4-5H2,1H3/t7-,8-/m1/s1. The summed E-state index contributed by atoms with van der Waals surface area (Å²) in [5.74, 6) is -0.376. The van der Waals surface area contributed by atoms with Crippen molar-refractivity contribution in [2.24, 2.45) is 0 Å². The molecule has 0 amide bonds. The monoisotopic (exact) mass is 305 g/mol. The molecule has 2 saturated heterocycles. The molecule has 18 heavy (non-hydrogen) atoms. The highest BCUT2D eigenvalue weighted by Crippen LogP contribution is 2.52. The normalized spacial score (nSPS) is 28.6. The van der Waals surface area contributed by atoms with Crippen molar-refractivity contribution in [2.75, 3.05) is 18.1 Å². The van der Waals surface area contributed by atoms with Gasteiger partial charge in [-0.3, -0.25) is 0 Å². The Morgan fingerprint density at radius 1 is 1.44 bits per heavy atom. The van der Waals surface area contributed by atoms with E-state index in [2.05, 4.69) is 0 Å². The van der Waals surface area contributed by atoms with E-state index in [4.69, 9.17) is 10.00 Å². The minimum absolute atomic E-state index is 0.00125. The van der Waals surface area contributed by atoms with Crippen LogP contribution in [0.15, 0.2) is 9.81 Å². The number of carbonyl (C=O) groups excluding carboxylic acids is 1. The molecule has 0 aromatic heterocycles. The summed E-state index contributed by atoms with van der Waals surface area (Å²) in [6.07, 6.45) is 0. The molecule has 0 aromatic rings. The summed E-state index contributed by atoms with van der Waals surface area (Å²) in [4.78, 5) is 11.6. The van der Waals surface area contributed by atoms with E-state index in [9.17, 15) is 13.2 Å². The summed E-state index contributed by atoms with van der Waals surface area (Å²) in [5, 5.41) is 8.90. The highest BCUT2D eigenvalue weighted by Gasteiger charge is 2.45. The van der Waals surface area contributed by atoms with Crippen LogP contribution in [-0.2, 0) is 19.4 Å². The average molecular weight is 305 g/mol. The average Bonchev–Trinajstić information content (AvgIpc) is 2.72. The molecule has 0 saturated carbocycles. The molecule has 2 heterocycles. The molecule has 0 bridgehead atoms. The van der Waals surface area contributed by atoms with Crippen LogP contribution in [0.25, 0.3) is 0 Å². The first kappa shape index (κ1) is 13.8. The summed E-state index contributed by atoms with van der Waals surface area (Å²) >= 11 is 2.62. The predicted molar refractivity (Wildman–Crippen MR) is 70.7 cm³/mol. The first-order chi connectivity index (χ1) is 8.46. The fourth-order valence-electron chi connectivity index (χ4n) is 1.80. The molecular formula is C10H11NO4S3. The van der Waals surface area contributed by atoms with Gasteiger partial charge in [0.1, 0.15) is 6.07 Å². The van der Waals surface area contributed by atoms with Crippen LogP contribution in [0.3, 0.4) is 0 Å². The van der Waals surface area contributed by atoms with Crippen molar-refractivity contribution in [1.82, 2.24) is 0 Å². The maximum atomic E-state index is 11.6. The molecule has 98 valence electrons. The zero-order valence-electron chi connectivity index (χ0n) is 9.58. The van der Waals surface area contributed by atoms with Crippen LogP contribution in [-0.4, -0.2) is 43.0 Å². The number of esters is 1. The van der Waals surface area contributed by atoms with E-state index in [0.29, 0.717) is 4.24 Å². The Kier molecular flexibility index (Phi) is 3.94. The van der Waals surface area contributed by atoms with Crippen LogP contribution in [0.1, 0.15) is 6.92 Å². The SMILES string of the molecule is CCOC(=O)C(C#N)=C1S[C@@H]2CS(=O)(=O)C[C@H]2S1. The molecule has 0 unspecified atom stereocenters. The van der Waals surface area contributed by atoms with Crippen LogP contribution in [0, 0.1) is 11.3 Å². The van der Waals surface area contributed by atoms with Crippen LogP contribution >= 0.6 is 23.5 Å². The van der Waals surface area contributed by atoms with Crippen molar-refractivity contribution < 1.29 is 17.9 Å². The van der Waals surface area contributed by atoms with Crippen LogP contribution in [0.4, 0.5) is 0 Å². The van der Waals surface area contributed by atoms with E-state index in [1.165, 1.54) is 23.5 Å². The summed E-state index contributed by atoms with van der Waals surface area (Å²) < 4.78 is 28.3. The Morgan fingerprint density at radius 3 is 2.44 bits per heavy atom. The van der Waals surface area contributed by atoms with E-state index < -0.39 is 15.8 Å². The van der Waals surface area contributed by atoms with Gasteiger partial charge in [0, 0.05) is 10.5 Å². The molecule has 2 rings (SSSR count). The van der Waals surface area contributed by atoms with Gasteiger partial charge in [-0.05, 0) is 6.92 Å². The van der Waals surface area contributed by atoms with E-state index in [1.807, 2.05) is 6.07 Å². The molecule has 2 aliphatic heterocycles. The van der Waals surface area contributed by atoms with Gasteiger partial charge in [-0.2, -0.15) is 5.26 Å². The number of ether oxygens (including phenoxy) is 1. The lowest BCUT2D eigenvalue weighted by atomic mass is 10.3. The molecule has 8 heteroatoms. The number of carbonyl (C=O) groups is 1. The topological polar surface area (TPSA) is 84.2 Å². The summed E-state index contributed by atoms with van der Waals surface area (Å²) in [6.45, 7) is 1.89. The van der Waals surface area contributed by atoms with Gasteiger partial charge < -0.3 is 4.74 Å². The van der Waals surface area contributed by atoms with Crippen LogP contribution in [0.5, 0.6) is 0 Å². The van der Waals surface area contributed by atoms with Crippen molar-refractivity contribution in [2.45, 2.75) is 17.4 Å². The Balaban J connectivity index is 2.18. The Hall–Kier alpha value is -0.650. The summed E-state index contributed by atoms with van der Waals surface area (Å²) in [6, 6.07) is 1.85. The number of sulfone groups is 1. The van der Waals surface area contributed by atoms with Gasteiger partial charge in [0.25, 0.3) is 0 Å². The lowest BCUT2D eigenvalue weighted by molar-refractivity contribution is -0.138. The molecule has 2 fully saturated rings. The number of thioether (sulfide) groups is 2. The number of hydrogen-bond acceptors (Lipinski definition) is 7. The minimum Gasteiger partial charge on any atom is -0.462 e. The number of rotatable bonds is 2. The van der Waals surface area contributed by atoms with E-state index in [-0.39, 0.29) is 34.2 Å². The highest BCUT2D eigenvalue weighted by atomic mass is 32.2. The maximum absolute atomic E-state index is 11.6. The molecule has 2 atom stereocenters. The van der Waals surface area contributed by atoms with Crippen molar-refractivity contribution in [3.63, 3.8) is 0 Å². The number of fused-ring (bicyclic) bond motifs is 1. The number of nitrogens with zero attached hydrogens (tertiary/aromatic N) is 1. The Morgan fingerprint density at radius 2 is 2.00 bits per heavy atom. The fraction of sp³-hybridized carbons (Fsp3) is 0.600. The Bertz CT molecular complexity index is 524. The number of nitriles is 1. The third kappa shape index (κ3) is 2.68. The van der Waals surface area contributed by atoms with Gasteiger partial charge in [-0.1, -0.05) is 0 Å². The third-order valence-corrected chi connectivity index (χ3v) is 7.90. The van der Waals surface area contributed by atoms with Crippen LogP contribution in [0.2, 0.25) is 0 Å². The van der Waals surface area contributed by atoms with Gasteiger partial charge in [-0.25, -0.2) is 13.2 Å². The van der Waals surface area contributed by atoms with Gasteiger partial charge in [0.2, 0.25) is 0 Å². The summed E-state index contributed by atoms with van der Waals surface area (Å²) in [5.41, 5.74) is -0.00125. The van der Waals surface area contributed by atoms with Gasteiger partial charge in [0.15, 0.2) is 15.4 Å². The van der Waals surface area contributed by atoms with Crippen molar-refractivity contribution in [3.8, 4) is 6.07 Å². The van der Waals surface area contributed by atoms with E-state index in [1.54, 1.807) is 6.92 Å². The van der Waals surface area contributed by atoms with E-state index in [0.717, 1.165) is 0 Å². The predicted octanol–water partition coefficient (Wildman–Crippen LogP) is 0.930. The Labute approximate surface area is 114 Å². The molecule has 0 spiro atoms. The molecule has 0 N–H and O–H groups in total. The van der Waals surface area contributed by atoms with Gasteiger partial charge in [-0.15, -0.1) is 23.5 Å². The van der Waals surface area contributed by atoms with Crippen molar-refractivity contribution in [1.29, 1.82) is 5.26 Å². The van der Waals surface area contributed by atoms with Gasteiger partial charge in [0.05, 0.1) is 22.3 Å². The zero-order valence-corrected chi connectivity index (χ0v) is 12.0. The number of hydrogen-bond donors (Lipinski definition) is 0. The first-order valence-corrected chi connectivity index (χ1v) is 8.90. The smallest absolute Gasteiger partial charge is 0.350 e. The zero-order chi connectivity index (χ0) is 13.3. The molecule has 2 aliphatic rings. The van der Waals surface area contributed by atoms with Crippen LogP contribution < -0.4 is 0 Å². The maximum Gasteiger partial charge on any atom is 0.350 e. The quantitative estimate of drug-likeness (QED) is 0.426. The largest absolute Gasteiger partial charge is 0.462 e. The second kappa shape index (κ2) is 5.15. The van der Waals surface area contributed by atoms with Crippen molar-refractivity contribution >= 4 is 39.3 Å².